The molecule has 2 rings (SSSR count). The molecule has 0 spiro atoms. The van der Waals surface area contributed by atoms with E-state index in [1.807, 2.05) is 0 Å². The Bertz CT molecular complexity index is 799. The van der Waals surface area contributed by atoms with Gasteiger partial charge in [0.15, 0.2) is 5.65 Å². The molecule has 0 bridgehead atoms. The first-order valence-electron chi connectivity index (χ1n) is 7.57. The van der Waals surface area contributed by atoms with Gasteiger partial charge in [-0.3, -0.25) is 14.5 Å². The molecule has 1 N–H and O–H groups in total. The number of fused-ring (bicyclic) bond motifs is 1. The van der Waals surface area contributed by atoms with Crippen molar-refractivity contribution in [2.45, 2.75) is 33.3 Å². The van der Waals surface area contributed by atoms with Gasteiger partial charge in [-0.2, -0.15) is 9.61 Å². The smallest absolute Gasteiger partial charge is 0.415 e. The summed E-state index contributed by atoms with van der Waals surface area (Å²) in [7, 11) is 1.51. The number of carbonyl (C=O) groups is 2. The van der Waals surface area contributed by atoms with Crippen molar-refractivity contribution in [3.05, 3.63) is 23.0 Å². The molecule has 2 aromatic rings. The molecule has 0 saturated carbocycles. The summed E-state index contributed by atoms with van der Waals surface area (Å²) in [5.74, 6) is -0.211. The van der Waals surface area contributed by atoms with E-state index in [-0.39, 0.29) is 16.4 Å². The molecule has 136 valence electrons. The first-order valence-corrected chi connectivity index (χ1v) is 7.95. The van der Waals surface area contributed by atoms with Crippen LogP contribution in [-0.4, -0.2) is 45.9 Å². The first kappa shape index (κ1) is 18.9. The van der Waals surface area contributed by atoms with Crippen LogP contribution in [-0.2, 0) is 9.57 Å². The topological polar surface area (TPSA) is 98.1 Å². The Labute approximate surface area is 149 Å². The molecule has 2 aromatic heterocycles. The van der Waals surface area contributed by atoms with Crippen LogP contribution in [0.5, 0.6) is 0 Å². The molecule has 25 heavy (non-hydrogen) atoms. The van der Waals surface area contributed by atoms with Gasteiger partial charge in [0.25, 0.3) is 5.91 Å². The fourth-order valence-corrected chi connectivity index (χ4v) is 2.11. The van der Waals surface area contributed by atoms with Gasteiger partial charge in [-0.25, -0.2) is 15.3 Å². The van der Waals surface area contributed by atoms with Crippen LogP contribution < -0.4 is 10.4 Å². The van der Waals surface area contributed by atoms with Crippen LogP contribution in [0, 0.1) is 0 Å². The molecule has 0 fully saturated rings. The fourth-order valence-electron chi connectivity index (χ4n) is 1.93. The molecular formula is C15H20ClN5O4. The molecule has 2 amide bonds. The molecular weight excluding hydrogens is 350 g/mol. The number of nitrogens with one attached hydrogen (secondary N) is 1. The van der Waals surface area contributed by atoms with Gasteiger partial charge < -0.3 is 4.74 Å². The van der Waals surface area contributed by atoms with Crippen molar-refractivity contribution in [2.24, 2.45) is 0 Å². The van der Waals surface area contributed by atoms with E-state index >= 15 is 0 Å². The van der Waals surface area contributed by atoms with Gasteiger partial charge in [-0.05, 0) is 27.7 Å². The Morgan fingerprint density at radius 1 is 1.40 bits per heavy atom. The summed E-state index contributed by atoms with van der Waals surface area (Å²) in [6.07, 6.45) is 0.728. The summed E-state index contributed by atoms with van der Waals surface area (Å²) in [5, 5.41) is 4.22. The predicted molar refractivity (Wildman–Crippen MR) is 91.7 cm³/mol. The second-order valence-corrected chi connectivity index (χ2v) is 6.52. The number of halogens is 1. The summed E-state index contributed by atoms with van der Waals surface area (Å²) >= 11 is 6.05. The Morgan fingerprint density at radius 2 is 2.08 bits per heavy atom. The van der Waals surface area contributed by atoms with Gasteiger partial charge in [0, 0.05) is 13.1 Å². The zero-order valence-corrected chi connectivity index (χ0v) is 15.4. The maximum Gasteiger partial charge on any atom is 0.415 e. The lowest BCUT2D eigenvalue weighted by Gasteiger charge is -2.24. The van der Waals surface area contributed by atoms with Gasteiger partial charge in [-0.15, -0.1) is 0 Å². The molecule has 9 nitrogen and oxygen atoms in total. The highest BCUT2D eigenvalue weighted by atomic mass is 35.5. The van der Waals surface area contributed by atoms with Crippen LogP contribution in [0.15, 0.2) is 12.3 Å². The van der Waals surface area contributed by atoms with E-state index in [9.17, 15) is 9.59 Å². The third-order valence-corrected chi connectivity index (χ3v) is 3.18. The number of ether oxygens (including phenoxy) is 1. The van der Waals surface area contributed by atoms with Gasteiger partial charge in [0.1, 0.15) is 22.1 Å². The summed E-state index contributed by atoms with van der Waals surface area (Å²) in [4.78, 5) is 34.6. The number of rotatable bonds is 4. The highest BCUT2D eigenvalue weighted by Gasteiger charge is 2.24. The molecule has 0 unspecified atom stereocenters. The van der Waals surface area contributed by atoms with Crippen LogP contribution in [0.2, 0.25) is 5.15 Å². The highest BCUT2D eigenvalue weighted by Crippen LogP contribution is 2.23. The second-order valence-electron chi connectivity index (χ2n) is 6.13. The number of hydrogen-bond donors (Lipinski definition) is 1. The quantitative estimate of drug-likeness (QED) is 0.656. The number of hydrogen-bond acceptors (Lipinski definition) is 6. The van der Waals surface area contributed by atoms with E-state index in [1.165, 1.54) is 28.7 Å². The minimum absolute atomic E-state index is 0.101. The summed E-state index contributed by atoms with van der Waals surface area (Å²) in [5.41, 5.74) is 1.96. The van der Waals surface area contributed by atoms with Crippen LogP contribution in [0.1, 0.15) is 38.1 Å². The molecule has 0 atom stereocenters. The minimum Gasteiger partial charge on any atom is -0.443 e. The predicted octanol–water partition coefficient (Wildman–Crippen LogP) is 2.44. The Hall–Kier alpha value is -2.39. The normalized spacial score (nSPS) is 11.4. The number of aromatic nitrogens is 3. The third-order valence-electron chi connectivity index (χ3n) is 2.99. The van der Waals surface area contributed by atoms with E-state index in [4.69, 9.17) is 21.2 Å². The monoisotopic (exact) mass is 369 g/mol. The van der Waals surface area contributed by atoms with Gasteiger partial charge in [-0.1, -0.05) is 11.6 Å². The third kappa shape index (κ3) is 4.37. The van der Waals surface area contributed by atoms with E-state index in [1.54, 1.807) is 27.7 Å². The van der Waals surface area contributed by atoms with E-state index in [0.717, 1.165) is 0 Å². The van der Waals surface area contributed by atoms with Crippen LogP contribution in [0.3, 0.4) is 0 Å². The van der Waals surface area contributed by atoms with Crippen LogP contribution in [0.25, 0.3) is 5.65 Å². The Kier molecular flexibility index (Phi) is 5.48. The van der Waals surface area contributed by atoms with Gasteiger partial charge in [0.2, 0.25) is 0 Å². The van der Waals surface area contributed by atoms with Crippen LogP contribution >= 0.6 is 11.6 Å². The molecule has 0 saturated heterocycles. The average molecular weight is 370 g/mol. The maximum absolute atomic E-state index is 12.3. The highest BCUT2D eigenvalue weighted by molar-refractivity contribution is 6.30. The van der Waals surface area contributed by atoms with Crippen molar-refractivity contribution in [3.63, 3.8) is 0 Å². The van der Waals surface area contributed by atoms with Crippen molar-refractivity contribution in [1.82, 2.24) is 20.1 Å². The van der Waals surface area contributed by atoms with Crippen molar-refractivity contribution < 1.29 is 19.2 Å². The molecule has 0 radical (unpaired) electrons. The molecule has 0 aromatic carbocycles. The number of nitrogens with zero attached hydrogens (tertiary/aromatic N) is 4. The molecule has 0 aliphatic rings. The average Bonchev–Trinajstić information content (AvgIpc) is 2.93. The zero-order valence-electron chi connectivity index (χ0n) is 14.7. The van der Waals surface area contributed by atoms with E-state index in [2.05, 4.69) is 15.6 Å². The van der Waals surface area contributed by atoms with Crippen LogP contribution in [0.4, 0.5) is 10.6 Å². The molecule has 0 aliphatic heterocycles. The fraction of sp³-hybridized carbons (Fsp3) is 0.467. The Balaban J connectivity index is 2.43. The standard InChI is InChI=1S/C15H20ClN5O4/c1-6-24-19-13(22)9-8-17-21-11(7-10(16)18-12(9)21)20(5)14(23)25-15(2,3)4/h7-8H,6H2,1-5H3,(H,19,22). The summed E-state index contributed by atoms with van der Waals surface area (Å²) < 4.78 is 6.66. The number of amides is 2. The first-order chi connectivity index (χ1) is 11.6. The molecule has 10 heteroatoms. The van der Waals surface area contributed by atoms with Gasteiger partial charge in [0.05, 0.1) is 12.8 Å². The SMILES string of the molecule is CCONC(=O)c1cnn2c(N(C)C(=O)OC(C)(C)C)cc(Cl)nc12. The largest absolute Gasteiger partial charge is 0.443 e. The number of carbonyl (C=O) groups excluding carboxylic acids is 2. The minimum atomic E-state index is -0.659. The lowest BCUT2D eigenvalue weighted by atomic mass is 10.2. The number of hydroxylamine groups is 1. The van der Waals surface area contributed by atoms with Crippen molar-refractivity contribution in [3.8, 4) is 0 Å². The van der Waals surface area contributed by atoms with E-state index < -0.39 is 17.6 Å². The summed E-state index contributed by atoms with van der Waals surface area (Å²) in [6.45, 7) is 7.33. The van der Waals surface area contributed by atoms with Crippen molar-refractivity contribution >= 4 is 35.1 Å². The zero-order chi connectivity index (χ0) is 18.8. The lowest BCUT2D eigenvalue weighted by molar-refractivity contribution is 0.0366. The van der Waals surface area contributed by atoms with Gasteiger partial charge >= 0.3 is 6.09 Å². The lowest BCUT2D eigenvalue weighted by Crippen LogP contribution is -2.35. The second kappa shape index (κ2) is 7.24. The molecule has 0 aliphatic carbocycles. The number of anilines is 1. The van der Waals surface area contributed by atoms with E-state index in [0.29, 0.717) is 12.4 Å². The molecule has 2 heterocycles. The van der Waals surface area contributed by atoms with Crippen molar-refractivity contribution in [1.29, 1.82) is 0 Å². The van der Waals surface area contributed by atoms with Crippen molar-refractivity contribution in [2.75, 3.05) is 18.6 Å². The maximum atomic E-state index is 12.3. The Morgan fingerprint density at radius 3 is 2.68 bits per heavy atom. The summed E-state index contributed by atoms with van der Waals surface area (Å²) in [6, 6.07) is 1.45.